The van der Waals surface area contributed by atoms with E-state index in [-0.39, 0.29) is 0 Å². The van der Waals surface area contributed by atoms with Gasteiger partial charge < -0.3 is 4.90 Å². The normalized spacial score (nSPS) is 35.2. The monoisotopic (exact) mass is 252 g/mol. The molecule has 3 unspecified atom stereocenters. The third kappa shape index (κ3) is 3.96. The van der Waals surface area contributed by atoms with Gasteiger partial charge in [-0.1, -0.05) is 33.6 Å². The SMILES string of the molecule is CCCCCN1CCC(N2CC(C)CC(C)C2)C1. The van der Waals surface area contributed by atoms with Crippen molar-refractivity contribution >= 4 is 0 Å². The van der Waals surface area contributed by atoms with E-state index in [1.165, 1.54) is 64.8 Å². The number of piperidine rings is 1. The van der Waals surface area contributed by atoms with Crippen LogP contribution in [0, 0.1) is 11.8 Å². The Kier molecular flexibility index (Phi) is 5.50. The van der Waals surface area contributed by atoms with Crippen molar-refractivity contribution in [2.24, 2.45) is 11.8 Å². The van der Waals surface area contributed by atoms with Gasteiger partial charge in [-0.3, -0.25) is 4.90 Å². The number of rotatable bonds is 5. The van der Waals surface area contributed by atoms with Crippen LogP contribution in [0.25, 0.3) is 0 Å². The van der Waals surface area contributed by atoms with Crippen molar-refractivity contribution in [3.05, 3.63) is 0 Å². The van der Waals surface area contributed by atoms with Crippen LogP contribution in [0.3, 0.4) is 0 Å². The molecule has 0 radical (unpaired) electrons. The molecule has 0 spiro atoms. The van der Waals surface area contributed by atoms with Gasteiger partial charge in [-0.15, -0.1) is 0 Å². The fourth-order valence-corrected chi connectivity index (χ4v) is 3.91. The van der Waals surface area contributed by atoms with Crippen molar-refractivity contribution in [3.8, 4) is 0 Å². The Morgan fingerprint density at radius 1 is 1.00 bits per heavy atom. The summed E-state index contributed by atoms with van der Waals surface area (Å²) in [5.74, 6) is 1.81. The Hall–Kier alpha value is -0.0800. The van der Waals surface area contributed by atoms with Gasteiger partial charge in [0, 0.05) is 25.7 Å². The zero-order chi connectivity index (χ0) is 13.0. The van der Waals surface area contributed by atoms with Crippen molar-refractivity contribution in [1.29, 1.82) is 0 Å². The highest BCUT2D eigenvalue weighted by Gasteiger charge is 2.31. The molecule has 2 rings (SSSR count). The number of hydrogen-bond acceptors (Lipinski definition) is 2. The summed E-state index contributed by atoms with van der Waals surface area (Å²) >= 11 is 0. The molecule has 2 aliphatic rings. The van der Waals surface area contributed by atoms with E-state index in [0.717, 1.165) is 17.9 Å². The third-order valence-electron chi connectivity index (χ3n) is 4.74. The van der Waals surface area contributed by atoms with Gasteiger partial charge in [0.15, 0.2) is 0 Å². The van der Waals surface area contributed by atoms with Crippen molar-refractivity contribution in [3.63, 3.8) is 0 Å². The highest BCUT2D eigenvalue weighted by atomic mass is 15.3. The number of likely N-dealkylation sites (tertiary alicyclic amines) is 2. The van der Waals surface area contributed by atoms with E-state index < -0.39 is 0 Å². The topological polar surface area (TPSA) is 6.48 Å². The zero-order valence-corrected chi connectivity index (χ0v) is 12.7. The highest BCUT2D eigenvalue weighted by molar-refractivity contribution is 4.87. The maximum atomic E-state index is 2.79. The Balaban J connectivity index is 1.74. The molecule has 0 bridgehead atoms. The lowest BCUT2D eigenvalue weighted by Crippen LogP contribution is -2.46. The summed E-state index contributed by atoms with van der Waals surface area (Å²) in [6.45, 7) is 13.9. The van der Waals surface area contributed by atoms with Crippen LogP contribution in [0.15, 0.2) is 0 Å². The molecule has 0 aromatic heterocycles. The van der Waals surface area contributed by atoms with Crippen LogP contribution in [0.1, 0.15) is 52.9 Å². The molecule has 3 atom stereocenters. The summed E-state index contributed by atoms with van der Waals surface area (Å²) in [5.41, 5.74) is 0. The lowest BCUT2D eigenvalue weighted by Gasteiger charge is -2.38. The number of nitrogens with zero attached hydrogens (tertiary/aromatic N) is 2. The van der Waals surface area contributed by atoms with Crippen LogP contribution in [0.5, 0.6) is 0 Å². The quantitative estimate of drug-likeness (QED) is 0.693. The molecule has 2 heteroatoms. The molecule has 0 N–H and O–H groups in total. The van der Waals surface area contributed by atoms with Crippen LogP contribution in [-0.2, 0) is 0 Å². The maximum Gasteiger partial charge on any atom is 0.0235 e. The number of hydrogen-bond donors (Lipinski definition) is 0. The van der Waals surface area contributed by atoms with Gasteiger partial charge in [0.25, 0.3) is 0 Å². The summed E-state index contributed by atoms with van der Waals surface area (Å²) in [7, 11) is 0. The van der Waals surface area contributed by atoms with E-state index in [1.54, 1.807) is 0 Å². The van der Waals surface area contributed by atoms with Gasteiger partial charge in [0.05, 0.1) is 0 Å². The van der Waals surface area contributed by atoms with E-state index in [0.29, 0.717) is 0 Å². The zero-order valence-electron chi connectivity index (χ0n) is 12.7. The molecule has 2 nitrogen and oxygen atoms in total. The summed E-state index contributed by atoms with van der Waals surface area (Å²) in [6.07, 6.45) is 6.99. The standard InChI is InChI=1S/C16H32N2/c1-4-5-6-8-17-9-7-16(13-17)18-11-14(2)10-15(3)12-18/h14-16H,4-13H2,1-3H3. The van der Waals surface area contributed by atoms with Crippen LogP contribution in [-0.4, -0.2) is 48.6 Å². The molecule has 2 heterocycles. The fourth-order valence-electron chi connectivity index (χ4n) is 3.91. The molecule has 0 aromatic carbocycles. The minimum absolute atomic E-state index is 0.858. The van der Waals surface area contributed by atoms with Crippen molar-refractivity contribution in [2.75, 3.05) is 32.7 Å². The minimum atomic E-state index is 0.858. The van der Waals surface area contributed by atoms with E-state index in [9.17, 15) is 0 Å². The maximum absolute atomic E-state index is 2.79. The second kappa shape index (κ2) is 6.91. The molecule has 0 amide bonds. The smallest absolute Gasteiger partial charge is 0.0235 e. The second-order valence-corrected chi connectivity index (χ2v) is 6.85. The van der Waals surface area contributed by atoms with Gasteiger partial charge in [-0.2, -0.15) is 0 Å². The van der Waals surface area contributed by atoms with Crippen LogP contribution in [0.2, 0.25) is 0 Å². The molecule has 0 saturated carbocycles. The average Bonchev–Trinajstić information content (AvgIpc) is 2.77. The molecule has 18 heavy (non-hydrogen) atoms. The largest absolute Gasteiger partial charge is 0.302 e. The lowest BCUT2D eigenvalue weighted by molar-refractivity contribution is 0.0973. The predicted molar refractivity (Wildman–Crippen MR) is 78.9 cm³/mol. The van der Waals surface area contributed by atoms with Crippen molar-refractivity contribution in [1.82, 2.24) is 9.80 Å². The van der Waals surface area contributed by atoms with Crippen molar-refractivity contribution in [2.45, 2.75) is 58.9 Å². The molecule has 0 aromatic rings. The summed E-state index contributed by atoms with van der Waals surface area (Å²) in [6, 6.07) is 0.858. The Bertz CT molecular complexity index is 231. The highest BCUT2D eigenvalue weighted by Crippen LogP contribution is 2.26. The molecule has 2 fully saturated rings. The van der Waals surface area contributed by atoms with E-state index in [2.05, 4.69) is 30.6 Å². The Morgan fingerprint density at radius 3 is 2.39 bits per heavy atom. The Morgan fingerprint density at radius 2 is 1.72 bits per heavy atom. The molecule has 106 valence electrons. The molecular weight excluding hydrogens is 220 g/mol. The van der Waals surface area contributed by atoms with Gasteiger partial charge >= 0.3 is 0 Å². The first kappa shape index (κ1) is 14.3. The first-order chi connectivity index (χ1) is 8.69. The first-order valence-electron chi connectivity index (χ1n) is 8.15. The van der Waals surface area contributed by atoms with Gasteiger partial charge in [-0.25, -0.2) is 0 Å². The van der Waals surface area contributed by atoms with E-state index in [4.69, 9.17) is 0 Å². The van der Waals surface area contributed by atoms with Crippen molar-refractivity contribution < 1.29 is 0 Å². The average molecular weight is 252 g/mol. The Labute approximate surface area is 114 Å². The molecule has 0 aliphatic carbocycles. The third-order valence-corrected chi connectivity index (χ3v) is 4.74. The van der Waals surface area contributed by atoms with Crippen LogP contribution in [0.4, 0.5) is 0 Å². The molecule has 2 aliphatic heterocycles. The van der Waals surface area contributed by atoms with Gasteiger partial charge in [-0.05, 0) is 44.2 Å². The van der Waals surface area contributed by atoms with Gasteiger partial charge in [0.2, 0.25) is 0 Å². The predicted octanol–water partition coefficient (Wildman–Crippen LogP) is 3.23. The van der Waals surface area contributed by atoms with Crippen LogP contribution < -0.4 is 0 Å². The summed E-state index contributed by atoms with van der Waals surface area (Å²) in [4.78, 5) is 5.49. The van der Waals surface area contributed by atoms with Crippen LogP contribution >= 0.6 is 0 Å². The van der Waals surface area contributed by atoms with E-state index in [1.807, 2.05) is 0 Å². The lowest BCUT2D eigenvalue weighted by atomic mass is 9.91. The van der Waals surface area contributed by atoms with E-state index >= 15 is 0 Å². The summed E-state index contributed by atoms with van der Waals surface area (Å²) in [5, 5.41) is 0. The molecular formula is C16H32N2. The second-order valence-electron chi connectivity index (χ2n) is 6.85. The van der Waals surface area contributed by atoms with Gasteiger partial charge in [0.1, 0.15) is 0 Å². The molecule has 2 saturated heterocycles. The fraction of sp³-hybridized carbons (Fsp3) is 1.00. The summed E-state index contributed by atoms with van der Waals surface area (Å²) < 4.78 is 0. The minimum Gasteiger partial charge on any atom is -0.302 e. The first-order valence-corrected chi connectivity index (χ1v) is 8.15. The number of unbranched alkanes of at least 4 members (excludes halogenated alkanes) is 2.